The molecule has 0 bridgehead atoms. The highest BCUT2D eigenvalue weighted by molar-refractivity contribution is 5.89. The number of nitrogens with zero attached hydrogens (tertiary/aromatic N) is 1. The number of halogens is 1. The molecule has 0 unspecified atom stereocenters. The average molecular weight is 336 g/mol. The molecule has 2 fully saturated rings. The molecule has 1 aromatic rings. The van der Waals surface area contributed by atoms with Gasteiger partial charge < -0.3 is 20.1 Å². The lowest BCUT2D eigenvalue weighted by atomic mass is 9.96. The van der Waals surface area contributed by atoms with Crippen molar-refractivity contribution in [2.75, 3.05) is 18.5 Å². The Morgan fingerprint density at radius 1 is 1.29 bits per heavy atom. The zero-order valence-corrected chi connectivity index (χ0v) is 13.8. The van der Waals surface area contributed by atoms with Crippen molar-refractivity contribution in [1.82, 2.24) is 4.90 Å². The molecule has 0 spiro atoms. The predicted molar refractivity (Wildman–Crippen MR) is 89.7 cm³/mol. The summed E-state index contributed by atoms with van der Waals surface area (Å²) in [5.74, 6) is -0.197. The highest BCUT2D eigenvalue weighted by atomic mass is 19.1. The molecule has 0 aliphatic heterocycles. The molecule has 3 rings (SSSR count). The van der Waals surface area contributed by atoms with Crippen LogP contribution in [0.2, 0.25) is 0 Å². The minimum Gasteiger partial charge on any atom is -0.487 e. The first-order valence-corrected chi connectivity index (χ1v) is 8.82. The Bertz CT molecular complexity index is 573. The third-order valence-electron chi connectivity index (χ3n) is 4.58. The number of hydrogen-bond acceptors (Lipinski definition) is 3. The van der Waals surface area contributed by atoms with Crippen molar-refractivity contribution >= 4 is 11.7 Å². The van der Waals surface area contributed by atoms with Crippen LogP contribution in [0.25, 0.3) is 0 Å². The van der Waals surface area contributed by atoms with Gasteiger partial charge in [-0.25, -0.2) is 9.18 Å². The summed E-state index contributed by atoms with van der Waals surface area (Å²) in [4.78, 5) is 14.2. The first-order valence-electron chi connectivity index (χ1n) is 8.82. The maximum absolute atomic E-state index is 14.1. The molecular weight excluding hydrogens is 311 g/mol. The Labute approximate surface area is 141 Å². The van der Waals surface area contributed by atoms with Gasteiger partial charge in [-0.05, 0) is 57.1 Å². The topological polar surface area (TPSA) is 61.8 Å². The van der Waals surface area contributed by atoms with Gasteiger partial charge in [0.1, 0.15) is 0 Å². The van der Waals surface area contributed by atoms with Gasteiger partial charge >= 0.3 is 6.03 Å². The van der Waals surface area contributed by atoms with Crippen molar-refractivity contribution in [3.8, 4) is 5.75 Å². The van der Waals surface area contributed by atoms with Crippen molar-refractivity contribution in [3.05, 3.63) is 24.0 Å². The Morgan fingerprint density at radius 3 is 2.67 bits per heavy atom. The molecule has 2 saturated carbocycles. The number of amides is 2. The van der Waals surface area contributed by atoms with Gasteiger partial charge in [0.2, 0.25) is 0 Å². The van der Waals surface area contributed by atoms with Crippen LogP contribution in [-0.4, -0.2) is 41.3 Å². The second kappa shape index (κ2) is 7.83. The first-order chi connectivity index (χ1) is 11.7. The Balaban J connectivity index is 1.57. The lowest BCUT2D eigenvalue weighted by molar-refractivity contribution is 0.115. The Morgan fingerprint density at radius 2 is 2.08 bits per heavy atom. The summed E-state index contributed by atoms with van der Waals surface area (Å²) in [6.45, 7) is 0.746. The van der Waals surface area contributed by atoms with Crippen LogP contribution in [0.4, 0.5) is 14.9 Å². The number of aliphatic hydroxyl groups excluding tert-OH is 1. The summed E-state index contributed by atoms with van der Waals surface area (Å²) in [7, 11) is 0. The van der Waals surface area contributed by atoms with Crippen molar-refractivity contribution < 1.29 is 19.0 Å². The van der Waals surface area contributed by atoms with Crippen LogP contribution in [0.15, 0.2) is 18.2 Å². The van der Waals surface area contributed by atoms with Gasteiger partial charge in [0.05, 0.1) is 6.10 Å². The Hall–Kier alpha value is -1.82. The average Bonchev–Trinajstić information content (AvgIpc) is 3.33. The first kappa shape index (κ1) is 17.0. The second-order valence-corrected chi connectivity index (χ2v) is 6.60. The van der Waals surface area contributed by atoms with E-state index in [1.54, 1.807) is 17.0 Å². The molecule has 2 aliphatic rings. The van der Waals surface area contributed by atoms with E-state index in [2.05, 4.69) is 5.32 Å². The monoisotopic (exact) mass is 336 g/mol. The van der Waals surface area contributed by atoms with Crippen LogP contribution in [0.1, 0.15) is 44.9 Å². The SMILES string of the molecule is O=C(Nc1ccc(OC2CCC2)c(F)c1)N(CCCCO)C1CC1. The molecule has 0 heterocycles. The summed E-state index contributed by atoms with van der Waals surface area (Å²) in [5, 5.41) is 11.6. The number of nitrogens with one attached hydrogen (secondary N) is 1. The number of carbonyl (C=O) groups excluding carboxylic acids is 1. The van der Waals surface area contributed by atoms with Crippen LogP contribution >= 0.6 is 0 Å². The number of carbonyl (C=O) groups is 1. The number of aliphatic hydroxyl groups is 1. The van der Waals surface area contributed by atoms with Gasteiger partial charge in [-0.1, -0.05) is 0 Å². The Kier molecular flexibility index (Phi) is 5.56. The van der Waals surface area contributed by atoms with Crippen LogP contribution in [0, 0.1) is 5.82 Å². The number of benzene rings is 1. The van der Waals surface area contributed by atoms with Gasteiger partial charge in [0.15, 0.2) is 11.6 Å². The summed E-state index contributed by atoms with van der Waals surface area (Å²) in [5.41, 5.74) is 0.436. The quantitative estimate of drug-likeness (QED) is 0.714. The van der Waals surface area contributed by atoms with E-state index in [1.807, 2.05) is 0 Å². The van der Waals surface area contributed by atoms with Crippen molar-refractivity contribution in [1.29, 1.82) is 0 Å². The number of hydrogen-bond donors (Lipinski definition) is 2. The third-order valence-corrected chi connectivity index (χ3v) is 4.58. The molecule has 24 heavy (non-hydrogen) atoms. The van der Waals surface area contributed by atoms with E-state index in [0.717, 1.165) is 38.5 Å². The van der Waals surface area contributed by atoms with Crippen LogP contribution in [-0.2, 0) is 0 Å². The van der Waals surface area contributed by atoms with Gasteiger partial charge in [-0.2, -0.15) is 0 Å². The fraction of sp³-hybridized carbons (Fsp3) is 0.611. The van der Waals surface area contributed by atoms with Gasteiger partial charge in [-0.15, -0.1) is 0 Å². The summed E-state index contributed by atoms with van der Waals surface area (Å²) >= 11 is 0. The molecular formula is C18H25FN2O3. The zero-order chi connectivity index (χ0) is 16.9. The highest BCUT2D eigenvalue weighted by Gasteiger charge is 2.32. The minimum absolute atomic E-state index is 0.122. The summed E-state index contributed by atoms with van der Waals surface area (Å²) < 4.78 is 19.7. The standard InChI is InChI=1S/C18H25FN2O3/c19-16-12-13(6-9-17(16)24-15-4-3-5-15)20-18(23)21(14-7-8-14)10-1-2-11-22/h6,9,12,14-15,22H,1-5,7-8,10-11H2,(H,20,23). The van der Waals surface area contributed by atoms with Crippen LogP contribution in [0.3, 0.4) is 0 Å². The number of ether oxygens (including phenoxy) is 1. The normalized spacial score (nSPS) is 17.2. The summed E-state index contributed by atoms with van der Waals surface area (Å²) in [6.07, 6.45) is 6.67. The minimum atomic E-state index is -0.446. The molecule has 0 aromatic heterocycles. The molecule has 1 aromatic carbocycles. The molecule has 2 N–H and O–H groups in total. The van der Waals surface area contributed by atoms with E-state index in [4.69, 9.17) is 9.84 Å². The number of urea groups is 1. The van der Waals surface area contributed by atoms with E-state index in [-0.39, 0.29) is 30.5 Å². The predicted octanol–water partition coefficient (Wildman–Crippen LogP) is 3.53. The zero-order valence-electron chi connectivity index (χ0n) is 13.8. The molecule has 0 atom stereocenters. The van der Waals surface area contributed by atoms with Crippen LogP contribution < -0.4 is 10.1 Å². The van der Waals surface area contributed by atoms with Gasteiger partial charge in [0.25, 0.3) is 0 Å². The number of rotatable bonds is 8. The van der Waals surface area contributed by atoms with Crippen molar-refractivity contribution in [2.45, 2.75) is 57.1 Å². The van der Waals surface area contributed by atoms with E-state index in [0.29, 0.717) is 18.7 Å². The fourth-order valence-electron chi connectivity index (χ4n) is 2.77. The lowest BCUT2D eigenvalue weighted by Crippen LogP contribution is -2.37. The van der Waals surface area contributed by atoms with Crippen molar-refractivity contribution in [3.63, 3.8) is 0 Å². The molecule has 2 aliphatic carbocycles. The molecule has 0 saturated heterocycles. The van der Waals surface area contributed by atoms with Gasteiger partial charge in [0, 0.05) is 30.9 Å². The summed E-state index contributed by atoms with van der Waals surface area (Å²) in [6, 6.07) is 4.63. The highest BCUT2D eigenvalue weighted by Crippen LogP contribution is 2.30. The smallest absolute Gasteiger partial charge is 0.322 e. The maximum atomic E-state index is 14.1. The lowest BCUT2D eigenvalue weighted by Gasteiger charge is -2.26. The molecule has 0 radical (unpaired) electrons. The molecule has 132 valence electrons. The van der Waals surface area contributed by atoms with E-state index in [9.17, 15) is 9.18 Å². The van der Waals surface area contributed by atoms with E-state index < -0.39 is 5.82 Å². The van der Waals surface area contributed by atoms with Crippen LogP contribution in [0.5, 0.6) is 5.75 Å². The number of anilines is 1. The third kappa shape index (κ3) is 4.38. The molecule has 2 amide bonds. The second-order valence-electron chi connectivity index (χ2n) is 6.60. The van der Waals surface area contributed by atoms with E-state index >= 15 is 0 Å². The van der Waals surface area contributed by atoms with E-state index in [1.165, 1.54) is 6.07 Å². The maximum Gasteiger partial charge on any atom is 0.322 e. The number of unbranched alkanes of at least 4 members (excludes halogenated alkanes) is 1. The fourth-order valence-corrected chi connectivity index (χ4v) is 2.77. The van der Waals surface area contributed by atoms with Crippen molar-refractivity contribution in [2.24, 2.45) is 0 Å². The molecule has 5 nitrogen and oxygen atoms in total. The van der Waals surface area contributed by atoms with Gasteiger partial charge in [-0.3, -0.25) is 0 Å². The largest absolute Gasteiger partial charge is 0.487 e. The molecule has 6 heteroatoms.